The first-order chi connectivity index (χ1) is 9.66. The molecule has 2 aromatic rings. The maximum atomic E-state index is 4.64. The highest BCUT2D eigenvalue weighted by Crippen LogP contribution is 2.15. The summed E-state index contributed by atoms with van der Waals surface area (Å²) in [5, 5.41) is 0. The predicted molar refractivity (Wildman–Crippen MR) is 85.7 cm³/mol. The molecule has 1 heterocycles. The molecular formula is C18H18N2. The fourth-order valence-electron chi connectivity index (χ4n) is 1.79. The van der Waals surface area contributed by atoms with Gasteiger partial charge in [0.1, 0.15) is 0 Å². The molecule has 2 rings (SSSR count). The Kier molecular flexibility index (Phi) is 4.61. The van der Waals surface area contributed by atoms with Crippen molar-refractivity contribution < 1.29 is 0 Å². The van der Waals surface area contributed by atoms with Gasteiger partial charge < -0.3 is 0 Å². The van der Waals surface area contributed by atoms with E-state index in [-0.39, 0.29) is 0 Å². The lowest BCUT2D eigenvalue weighted by Crippen LogP contribution is -2.01. The fourth-order valence-corrected chi connectivity index (χ4v) is 1.79. The second-order valence-corrected chi connectivity index (χ2v) is 4.75. The summed E-state index contributed by atoms with van der Waals surface area (Å²) in [6, 6.07) is 15.8. The van der Waals surface area contributed by atoms with Gasteiger partial charge in [0.05, 0.1) is 17.1 Å². The summed E-state index contributed by atoms with van der Waals surface area (Å²) in [7, 11) is 0. The molecule has 0 bridgehead atoms. The maximum absolute atomic E-state index is 4.64. The van der Waals surface area contributed by atoms with Crippen LogP contribution in [0.2, 0.25) is 0 Å². The number of pyridine rings is 1. The number of nitrogens with zero attached hydrogens (tertiary/aromatic N) is 2. The third-order valence-corrected chi connectivity index (χ3v) is 2.72. The lowest BCUT2D eigenvalue weighted by atomic mass is 10.1. The van der Waals surface area contributed by atoms with Gasteiger partial charge in [0.15, 0.2) is 0 Å². The molecule has 0 aliphatic carbocycles. The molecule has 2 nitrogen and oxygen atoms in total. The molecule has 0 amide bonds. The molecule has 0 unspecified atom stereocenters. The summed E-state index contributed by atoms with van der Waals surface area (Å²) in [6.07, 6.45) is 3.80. The van der Waals surface area contributed by atoms with Crippen molar-refractivity contribution in [2.24, 2.45) is 4.99 Å². The number of hydrogen-bond acceptors (Lipinski definition) is 2. The molecule has 2 heteroatoms. The van der Waals surface area contributed by atoms with E-state index in [0.717, 1.165) is 22.7 Å². The Hall–Kier alpha value is -2.48. The van der Waals surface area contributed by atoms with Crippen LogP contribution in [0.3, 0.4) is 0 Å². The number of allylic oxidation sites excluding steroid dienone is 2. The second kappa shape index (κ2) is 6.62. The van der Waals surface area contributed by atoms with E-state index in [0.29, 0.717) is 0 Å². The smallest absolute Gasteiger partial charge is 0.0892 e. The zero-order chi connectivity index (χ0) is 14.4. The Morgan fingerprint density at radius 2 is 1.75 bits per heavy atom. The molecule has 100 valence electrons. The van der Waals surface area contributed by atoms with Gasteiger partial charge in [0.25, 0.3) is 0 Å². The molecule has 0 saturated heterocycles. The molecule has 0 N–H and O–H groups in total. The van der Waals surface area contributed by atoms with Crippen molar-refractivity contribution >= 4 is 11.4 Å². The lowest BCUT2D eigenvalue weighted by molar-refractivity contribution is 1.28. The van der Waals surface area contributed by atoms with Crippen LogP contribution in [0.4, 0.5) is 0 Å². The SMILES string of the molecule is C=C(N=C(C=C(C)C)c1ccccn1)c1ccccc1. The van der Waals surface area contributed by atoms with Gasteiger partial charge in [-0.25, -0.2) is 4.99 Å². The zero-order valence-electron chi connectivity index (χ0n) is 11.9. The van der Waals surface area contributed by atoms with Crippen LogP contribution >= 0.6 is 0 Å². The monoisotopic (exact) mass is 262 g/mol. The van der Waals surface area contributed by atoms with E-state index < -0.39 is 0 Å². The Bertz CT molecular complexity index is 634. The minimum absolute atomic E-state index is 0.740. The van der Waals surface area contributed by atoms with Crippen molar-refractivity contribution in [2.45, 2.75) is 13.8 Å². The zero-order valence-corrected chi connectivity index (χ0v) is 11.9. The van der Waals surface area contributed by atoms with Crippen LogP contribution < -0.4 is 0 Å². The molecule has 0 saturated carbocycles. The lowest BCUT2D eigenvalue weighted by Gasteiger charge is -2.05. The highest BCUT2D eigenvalue weighted by Gasteiger charge is 2.03. The Morgan fingerprint density at radius 1 is 1.05 bits per heavy atom. The van der Waals surface area contributed by atoms with Crippen molar-refractivity contribution in [1.82, 2.24) is 4.98 Å². The van der Waals surface area contributed by atoms with Gasteiger partial charge in [-0.1, -0.05) is 48.6 Å². The summed E-state index contributed by atoms with van der Waals surface area (Å²) in [6.45, 7) is 8.14. The van der Waals surface area contributed by atoms with E-state index in [4.69, 9.17) is 0 Å². The Labute approximate surface area is 120 Å². The average Bonchev–Trinajstić information content (AvgIpc) is 2.48. The summed E-state index contributed by atoms with van der Waals surface area (Å²) in [5.74, 6) is 0. The molecule has 0 fully saturated rings. The molecule has 0 spiro atoms. The molecule has 20 heavy (non-hydrogen) atoms. The van der Waals surface area contributed by atoms with E-state index in [2.05, 4.69) is 16.6 Å². The molecule has 0 radical (unpaired) electrons. The maximum Gasteiger partial charge on any atom is 0.0892 e. The summed E-state index contributed by atoms with van der Waals surface area (Å²) >= 11 is 0. The van der Waals surface area contributed by atoms with Crippen LogP contribution in [-0.2, 0) is 0 Å². The van der Waals surface area contributed by atoms with Crippen molar-refractivity contribution in [3.05, 3.63) is 84.2 Å². The normalized spacial score (nSPS) is 11.0. The van der Waals surface area contributed by atoms with Crippen LogP contribution in [0.1, 0.15) is 25.1 Å². The number of aliphatic imine (C=N–C) groups is 1. The third kappa shape index (κ3) is 3.75. The molecule has 0 aliphatic heterocycles. The van der Waals surface area contributed by atoms with E-state index in [1.54, 1.807) is 6.20 Å². The highest BCUT2D eigenvalue weighted by atomic mass is 14.8. The van der Waals surface area contributed by atoms with Gasteiger partial charge in [-0.05, 0) is 37.6 Å². The number of benzene rings is 1. The molecule has 1 aromatic heterocycles. The third-order valence-electron chi connectivity index (χ3n) is 2.72. The van der Waals surface area contributed by atoms with E-state index in [1.165, 1.54) is 5.57 Å². The fraction of sp³-hybridized carbons (Fsp3) is 0.111. The summed E-state index contributed by atoms with van der Waals surface area (Å²) < 4.78 is 0. The van der Waals surface area contributed by atoms with Gasteiger partial charge in [-0.3, -0.25) is 4.98 Å². The highest BCUT2D eigenvalue weighted by molar-refractivity contribution is 6.09. The average molecular weight is 262 g/mol. The van der Waals surface area contributed by atoms with E-state index in [1.807, 2.05) is 68.5 Å². The quantitative estimate of drug-likeness (QED) is 0.744. The van der Waals surface area contributed by atoms with Crippen LogP contribution in [0.5, 0.6) is 0 Å². The number of hydrogen-bond donors (Lipinski definition) is 0. The number of aromatic nitrogens is 1. The van der Waals surface area contributed by atoms with Gasteiger partial charge in [0, 0.05) is 6.20 Å². The molecule has 0 aliphatic rings. The van der Waals surface area contributed by atoms with Crippen LogP contribution in [-0.4, -0.2) is 10.7 Å². The van der Waals surface area contributed by atoms with Crippen LogP contribution in [0, 0.1) is 0 Å². The van der Waals surface area contributed by atoms with Crippen molar-refractivity contribution in [2.75, 3.05) is 0 Å². The Balaban J connectivity index is 2.40. The van der Waals surface area contributed by atoms with Crippen molar-refractivity contribution in [1.29, 1.82) is 0 Å². The van der Waals surface area contributed by atoms with Gasteiger partial charge in [-0.2, -0.15) is 0 Å². The minimum atomic E-state index is 0.740. The summed E-state index contributed by atoms with van der Waals surface area (Å²) in [5.41, 5.74) is 4.62. The minimum Gasteiger partial charge on any atom is -0.255 e. The van der Waals surface area contributed by atoms with Crippen molar-refractivity contribution in [3.8, 4) is 0 Å². The standard InChI is InChI=1S/C18H18N2/c1-14(2)13-18(17-11-7-8-12-19-17)20-15(3)16-9-5-4-6-10-16/h4-13H,3H2,1-2H3. The topological polar surface area (TPSA) is 25.2 Å². The largest absolute Gasteiger partial charge is 0.255 e. The number of rotatable bonds is 4. The first-order valence-corrected chi connectivity index (χ1v) is 6.56. The van der Waals surface area contributed by atoms with Crippen LogP contribution in [0.15, 0.2) is 77.9 Å². The summed E-state index contributed by atoms with van der Waals surface area (Å²) in [4.78, 5) is 9.00. The van der Waals surface area contributed by atoms with Gasteiger partial charge in [0.2, 0.25) is 0 Å². The first-order valence-electron chi connectivity index (χ1n) is 6.56. The van der Waals surface area contributed by atoms with Crippen molar-refractivity contribution in [3.63, 3.8) is 0 Å². The Morgan fingerprint density at radius 3 is 2.35 bits per heavy atom. The predicted octanol–water partition coefficient (Wildman–Crippen LogP) is 4.51. The molecule has 1 aromatic carbocycles. The van der Waals surface area contributed by atoms with E-state index in [9.17, 15) is 0 Å². The second-order valence-electron chi connectivity index (χ2n) is 4.75. The van der Waals surface area contributed by atoms with Gasteiger partial charge >= 0.3 is 0 Å². The molecule has 0 atom stereocenters. The first kappa shape index (κ1) is 13.9. The van der Waals surface area contributed by atoms with E-state index >= 15 is 0 Å². The molecular weight excluding hydrogens is 244 g/mol. The van der Waals surface area contributed by atoms with Gasteiger partial charge in [-0.15, -0.1) is 0 Å². The van der Waals surface area contributed by atoms with Crippen LogP contribution in [0.25, 0.3) is 5.70 Å².